The third-order valence-electron chi connectivity index (χ3n) is 4.48. The van der Waals surface area contributed by atoms with E-state index in [1.807, 2.05) is 25.1 Å². The van der Waals surface area contributed by atoms with Gasteiger partial charge in [0.05, 0.1) is 17.0 Å². The van der Waals surface area contributed by atoms with E-state index in [9.17, 15) is 4.79 Å². The number of hydrogen-bond donors (Lipinski definition) is 0. The molecule has 0 saturated heterocycles. The van der Waals surface area contributed by atoms with Gasteiger partial charge in [-0.15, -0.1) is 0 Å². The van der Waals surface area contributed by atoms with Gasteiger partial charge in [0.2, 0.25) is 0 Å². The van der Waals surface area contributed by atoms with E-state index in [-0.39, 0.29) is 5.91 Å². The minimum absolute atomic E-state index is 0.112. The van der Waals surface area contributed by atoms with Crippen molar-refractivity contribution in [3.8, 4) is 0 Å². The van der Waals surface area contributed by atoms with E-state index >= 15 is 0 Å². The third-order valence-corrected chi connectivity index (χ3v) is 4.73. The van der Waals surface area contributed by atoms with Gasteiger partial charge in [0.25, 0.3) is 5.91 Å². The van der Waals surface area contributed by atoms with Crippen LogP contribution in [0.15, 0.2) is 59.2 Å². The van der Waals surface area contributed by atoms with Gasteiger partial charge in [-0.3, -0.25) is 4.79 Å². The van der Waals surface area contributed by atoms with E-state index in [1.165, 1.54) is 5.01 Å². The Hall–Kier alpha value is -2.59. The van der Waals surface area contributed by atoms with Crippen LogP contribution in [0.3, 0.4) is 0 Å². The molecule has 0 spiro atoms. The summed E-state index contributed by atoms with van der Waals surface area (Å²) in [5.74, 6) is -0.112. The first-order chi connectivity index (χ1) is 12.5. The summed E-state index contributed by atoms with van der Waals surface area (Å²) < 4.78 is 0. The third kappa shape index (κ3) is 3.65. The molecule has 4 nitrogen and oxygen atoms in total. The summed E-state index contributed by atoms with van der Waals surface area (Å²) in [6.45, 7) is 5.06. The molecular formula is C21H22ClN3O. The predicted octanol–water partition coefficient (Wildman–Crippen LogP) is 4.99. The Bertz CT molecular complexity index is 854. The van der Waals surface area contributed by atoms with E-state index in [2.05, 4.69) is 36.1 Å². The molecule has 0 aliphatic carbocycles. The highest BCUT2D eigenvalue weighted by Crippen LogP contribution is 2.27. The molecular weight excluding hydrogens is 346 g/mol. The minimum atomic E-state index is -0.112. The summed E-state index contributed by atoms with van der Waals surface area (Å²) in [5, 5.41) is 6.58. The average Bonchev–Trinajstić information content (AvgIpc) is 2.98. The molecule has 1 amide bonds. The monoisotopic (exact) mass is 367 g/mol. The molecule has 0 fully saturated rings. The molecule has 5 heteroatoms. The topological polar surface area (TPSA) is 35.9 Å². The predicted molar refractivity (Wildman–Crippen MR) is 110 cm³/mol. The van der Waals surface area contributed by atoms with Crippen LogP contribution in [-0.2, 0) is 4.79 Å². The second kappa shape index (κ2) is 7.75. The van der Waals surface area contributed by atoms with Crippen molar-refractivity contribution in [3.63, 3.8) is 0 Å². The van der Waals surface area contributed by atoms with Crippen LogP contribution in [0.4, 0.5) is 11.4 Å². The quantitative estimate of drug-likeness (QED) is 0.698. The number of benzene rings is 2. The van der Waals surface area contributed by atoms with Gasteiger partial charge in [0.15, 0.2) is 0 Å². The molecule has 0 unspecified atom stereocenters. The highest BCUT2D eigenvalue weighted by Gasteiger charge is 2.29. The SMILES string of the molecule is CCC1=NN(c2ccc(Cl)cc2)C(=O)C1=Cc1ccc(N(C)CC)cc1. The first-order valence-electron chi connectivity index (χ1n) is 8.74. The normalized spacial score (nSPS) is 15.5. The Balaban J connectivity index is 1.89. The molecule has 2 aromatic carbocycles. The van der Waals surface area contributed by atoms with Crippen LogP contribution in [0.25, 0.3) is 6.08 Å². The van der Waals surface area contributed by atoms with Crippen molar-refractivity contribution >= 4 is 40.7 Å². The number of anilines is 2. The molecule has 3 rings (SSSR count). The average molecular weight is 368 g/mol. The van der Waals surface area contributed by atoms with Crippen molar-refractivity contribution in [2.45, 2.75) is 20.3 Å². The highest BCUT2D eigenvalue weighted by atomic mass is 35.5. The number of hydrazone groups is 1. The number of carbonyl (C=O) groups is 1. The molecule has 0 radical (unpaired) electrons. The number of nitrogens with zero attached hydrogens (tertiary/aromatic N) is 3. The maximum absolute atomic E-state index is 12.9. The number of halogens is 1. The molecule has 1 heterocycles. The van der Waals surface area contributed by atoms with Crippen LogP contribution in [0, 0.1) is 0 Å². The summed E-state index contributed by atoms with van der Waals surface area (Å²) in [6.07, 6.45) is 2.61. The standard InChI is InChI=1S/C21H22ClN3O/c1-4-20-19(14-15-6-10-17(11-7-15)24(3)5-2)21(26)25(23-20)18-12-8-16(22)9-13-18/h6-14H,4-5H2,1-3H3. The summed E-state index contributed by atoms with van der Waals surface area (Å²) >= 11 is 5.94. The lowest BCUT2D eigenvalue weighted by atomic mass is 10.0. The molecule has 26 heavy (non-hydrogen) atoms. The lowest BCUT2D eigenvalue weighted by Crippen LogP contribution is -2.21. The van der Waals surface area contributed by atoms with Crippen LogP contribution >= 0.6 is 11.6 Å². The van der Waals surface area contributed by atoms with Crippen LogP contribution < -0.4 is 9.91 Å². The van der Waals surface area contributed by atoms with Gasteiger partial charge in [-0.2, -0.15) is 10.1 Å². The highest BCUT2D eigenvalue weighted by molar-refractivity contribution is 6.33. The Morgan fingerprint density at radius 2 is 1.73 bits per heavy atom. The van der Waals surface area contributed by atoms with Crippen molar-refractivity contribution in [1.29, 1.82) is 0 Å². The van der Waals surface area contributed by atoms with Gasteiger partial charge in [0, 0.05) is 24.3 Å². The van der Waals surface area contributed by atoms with Crippen LogP contribution in [0.2, 0.25) is 5.02 Å². The lowest BCUT2D eigenvalue weighted by Gasteiger charge is -2.16. The van der Waals surface area contributed by atoms with Gasteiger partial charge in [-0.05, 0) is 61.4 Å². The Labute approximate surface area is 159 Å². The Morgan fingerprint density at radius 3 is 2.31 bits per heavy atom. The van der Waals surface area contributed by atoms with E-state index < -0.39 is 0 Å². The molecule has 0 atom stereocenters. The van der Waals surface area contributed by atoms with Crippen molar-refractivity contribution in [3.05, 3.63) is 64.7 Å². The molecule has 1 aliphatic heterocycles. The van der Waals surface area contributed by atoms with Crippen LogP contribution in [0.1, 0.15) is 25.8 Å². The number of rotatable bonds is 5. The number of amides is 1. The molecule has 0 aromatic heterocycles. The van der Waals surface area contributed by atoms with Gasteiger partial charge in [0.1, 0.15) is 0 Å². The number of hydrogen-bond acceptors (Lipinski definition) is 3. The summed E-state index contributed by atoms with van der Waals surface area (Å²) in [5.41, 5.74) is 4.28. The smallest absolute Gasteiger partial charge is 0.280 e. The largest absolute Gasteiger partial charge is 0.375 e. The fraction of sp³-hybridized carbons (Fsp3) is 0.238. The van der Waals surface area contributed by atoms with Crippen molar-refractivity contribution in [2.24, 2.45) is 5.10 Å². The maximum Gasteiger partial charge on any atom is 0.280 e. The second-order valence-corrected chi connectivity index (χ2v) is 6.59. The molecule has 0 saturated carbocycles. The zero-order chi connectivity index (χ0) is 18.7. The van der Waals surface area contributed by atoms with Gasteiger partial charge in [-0.1, -0.05) is 30.7 Å². The van der Waals surface area contributed by atoms with Crippen molar-refractivity contribution in [2.75, 3.05) is 23.5 Å². The molecule has 0 N–H and O–H groups in total. The molecule has 1 aliphatic rings. The van der Waals surface area contributed by atoms with Crippen LogP contribution in [-0.4, -0.2) is 25.2 Å². The van der Waals surface area contributed by atoms with E-state index in [1.54, 1.807) is 24.3 Å². The molecule has 0 bridgehead atoms. The molecule has 2 aromatic rings. The zero-order valence-corrected chi connectivity index (χ0v) is 16.0. The molecule has 134 valence electrons. The van der Waals surface area contributed by atoms with Crippen LogP contribution in [0.5, 0.6) is 0 Å². The summed E-state index contributed by atoms with van der Waals surface area (Å²) in [4.78, 5) is 15.1. The van der Waals surface area contributed by atoms with E-state index in [0.717, 1.165) is 23.5 Å². The first-order valence-corrected chi connectivity index (χ1v) is 9.12. The Kier molecular flexibility index (Phi) is 5.43. The zero-order valence-electron chi connectivity index (χ0n) is 15.2. The van der Waals surface area contributed by atoms with Gasteiger partial charge < -0.3 is 4.90 Å². The minimum Gasteiger partial charge on any atom is -0.375 e. The fourth-order valence-corrected chi connectivity index (χ4v) is 2.92. The van der Waals surface area contributed by atoms with E-state index in [0.29, 0.717) is 22.7 Å². The lowest BCUT2D eigenvalue weighted by molar-refractivity contribution is -0.114. The second-order valence-electron chi connectivity index (χ2n) is 6.16. The first kappa shape index (κ1) is 18.2. The summed E-state index contributed by atoms with van der Waals surface area (Å²) in [7, 11) is 2.06. The maximum atomic E-state index is 12.9. The van der Waals surface area contributed by atoms with E-state index in [4.69, 9.17) is 11.6 Å². The Morgan fingerprint density at radius 1 is 1.08 bits per heavy atom. The summed E-state index contributed by atoms with van der Waals surface area (Å²) in [6, 6.07) is 15.3. The van der Waals surface area contributed by atoms with Gasteiger partial charge >= 0.3 is 0 Å². The van der Waals surface area contributed by atoms with Gasteiger partial charge in [-0.25, -0.2) is 0 Å². The van der Waals surface area contributed by atoms with Crippen molar-refractivity contribution < 1.29 is 4.79 Å². The van der Waals surface area contributed by atoms with Crippen molar-refractivity contribution in [1.82, 2.24) is 0 Å². The number of carbonyl (C=O) groups excluding carboxylic acids is 1. The fourth-order valence-electron chi connectivity index (χ4n) is 2.80.